The van der Waals surface area contributed by atoms with Crippen molar-refractivity contribution in [3.05, 3.63) is 24.0 Å². The van der Waals surface area contributed by atoms with Crippen molar-refractivity contribution in [2.24, 2.45) is 11.3 Å². The number of aromatic amines is 1. The summed E-state index contributed by atoms with van der Waals surface area (Å²) >= 11 is 0. The molecule has 3 fully saturated rings. The topological polar surface area (TPSA) is 95.2 Å². The third kappa shape index (κ3) is 3.53. The van der Waals surface area contributed by atoms with Crippen LogP contribution in [0.5, 0.6) is 0 Å². The van der Waals surface area contributed by atoms with Gasteiger partial charge in [0.2, 0.25) is 5.91 Å². The van der Waals surface area contributed by atoms with E-state index < -0.39 is 0 Å². The maximum Gasteiger partial charge on any atom is 0.228 e. The summed E-state index contributed by atoms with van der Waals surface area (Å²) in [4.78, 5) is 20.3. The molecule has 3 aliphatic rings. The molecule has 8 heteroatoms. The highest BCUT2D eigenvalue weighted by atomic mass is 16.5. The Morgan fingerprint density at radius 2 is 2.24 bits per heavy atom. The first kappa shape index (κ1) is 19.0. The van der Waals surface area contributed by atoms with Crippen molar-refractivity contribution in [2.75, 3.05) is 39.4 Å². The van der Waals surface area contributed by atoms with Crippen molar-refractivity contribution in [1.82, 2.24) is 30.7 Å². The fourth-order valence-electron chi connectivity index (χ4n) is 5.55. The number of nitrogens with one attached hydrogen (secondary N) is 3. The quantitative estimate of drug-likeness (QED) is 0.713. The maximum atomic E-state index is 13.4. The van der Waals surface area contributed by atoms with E-state index in [0.29, 0.717) is 24.2 Å². The molecule has 1 aliphatic carbocycles. The molecule has 0 spiro atoms. The van der Waals surface area contributed by atoms with Gasteiger partial charge in [0.25, 0.3) is 0 Å². The first-order chi connectivity index (χ1) is 14.3. The average Bonchev–Trinajstić information content (AvgIpc) is 3.20. The Hall–Kier alpha value is -2.03. The fraction of sp³-hybridized carbons (Fsp3) is 0.667. The molecule has 0 radical (unpaired) electrons. The van der Waals surface area contributed by atoms with Gasteiger partial charge in [0.1, 0.15) is 0 Å². The molecule has 1 saturated carbocycles. The number of ether oxygens (including phenoxy) is 1. The van der Waals surface area contributed by atoms with E-state index in [1.165, 1.54) is 0 Å². The van der Waals surface area contributed by atoms with Gasteiger partial charge in [-0.15, -0.1) is 0 Å². The summed E-state index contributed by atoms with van der Waals surface area (Å²) in [6.45, 7) is 5.97. The van der Waals surface area contributed by atoms with E-state index in [2.05, 4.69) is 30.7 Å². The molecule has 3 N–H and O–H groups in total. The van der Waals surface area contributed by atoms with Crippen LogP contribution in [0.3, 0.4) is 0 Å². The van der Waals surface area contributed by atoms with Crippen LogP contribution in [-0.2, 0) is 16.1 Å². The molecular weight excluding hydrogens is 368 g/mol. The number of rotatable bonds is 4. The van der Waals surface area contributed by atoms with Crippen molar-refractivity contribution >= 4 is 16.9 Å². The predicted octanol–water partition coefficient (Wildman–Crippen LogP) is 1.05. The van der Waals surface area contributed by atoms with Crippen molar-refractivity contribution in [3.8, 4) is 0 Å². The molecule has 2 aromatic heterocycles. The smallest absolute Gasteiger partial charge is 0.228 e. The first-order valence-electron chi connectivity index (χ1n) is 10.8. The van der Waals surface area contributed by atoms with E-state index in [-0.39, 0.29) is 11.3 Å². The number of morpholine rings is 1. The molecule has 2 aliphatic heterocycles. The Kier molecular flexibility index (Phi) is 5.24. The molecule has 4 heterocycles. The number of fused-ring (bicyclic) bond motifs is 2. The summed E-state index contributed by atoms with van der Waals surface area (Å²) in [5, 5.41) is 15.0. The first-order valence-corrected chi connectivity index (χ1v) is 10.8. The fourth-order valence-corrected chi connectivity index (χ4v) is 5.55. The summed E-state index contributed by atoms with van der Waals surface area (Å²) in [5.74, 6) is 0.618. The predicted molar refractivity (Wildman–Crippen MR) is 109 cm³/mol. The van der Waals surface area contributed by atoms with Gasteiger partial charge in [0, 0.05) is 37.3 Å². The monoisotopic (exact) mass is 398 g/mol. The van der Waals surface area contributed by atoms with Crippen LogP contribution in [0.25, 0.3) is 11.0 Å². The van der Waals surface area contributed by atoms with Gasteiger partial charge in [0.15, 0.2) is 5.65 Å². The van der Waals surface area contributed by atoms with Crippen LogP contribution in [0.4, 0.5) is 0 Å². The summed E-state index contributed by atoms with van der Waals surface area (Å²) in [7, 11) is 0. The van der Waals surface area contributed by atoms with Crippen LogP contribution >= 0.6 is 0 Å². The lowest BCUT2D eigenvalue weighted by Gasteiger charge is -2.50. The van der Waals surface area contributed by atoms with Gasteiger partial charge < -0.3 is 15.4 Å². The number of carbonyl (C=O) groups excluding carboxylic acids is 1. The number of pyridine rings is 1. The van der Waals surface area contributed by atoms with E-state index in [1.807, 2.05) is 12.1 Å². The van der Waals surface area contributed by atoms with E-state index in [9.17, 15) is 4.79 Å². The maximum absolute atomic E-state index is 13.4. The minimum absolute atomic E-state index is 0.182. The minimum Gasteiger partial charge on any atom is -0.379 e. The van der Waals surface area contributed by atoms with E-state index in [4.69, 9.17) is 4.74 Å². The number of hydrogen-bond donors (Lipinski definition) is 3. The SMILES string of the molecule is O=C(NCc1[nH]nc2ncccc12)[C@@]12CC[C@@H](N3CCOCC3)C[C@H]1CCNC2. The second-order valence-electron chi connectivity index (χ2n) is 8.65. The molecule has 3 atom stereocenters. The summed E-state index contributed by atoms with van der Waals surface area (Å²) in [6, 6.07) is 4.48. The number of H-pyrrole nitrogens is 1. The third-order valence-electron chi connectivity index (χ3n) is 7.22. The van der Waals surface area contributed by atoms with Crippen LogP contribution in [0, 0.1) is 11.3 Å². The molecule has 5 rings (SSSR count). The Morgan fingerprint density at radius 3 is 3.14 bits per heavy atom. The second kappa shape index (κ2) is 8.01. The van der Waals surface area contributed by atoms with Crippen LogP contribution in [-0.4, -0.2) is 71.4 Å². The second-order valence-corrected chi connectivity index (χ2v) is 8.65. The normalized spacial score (nSPS) is 30.8. The van der Waals surface area contributed by atoms with Gasteiger partial charge in [0.05, 0.1) is 30.9 Å². The van der Waals surface area contributed by atoms with Crippen molar-refractivity contribution in [3.63, 3.8) is 0 Å². The number of amides is 1. The summed E-state index contributed by atoms with van der Waals surface area (Å²) in [6.07, 6.45) is 5.96. The van der Waals surface area contributed by atoms with E-state index in [1.54, 1.807) is 6.20 Å². The molecule has 156 valence electrons. The highest BCUT2D eigenvalue weighted by Gasteiger charge is 2.50. The number of piperidine rings is 1. The number of aromatic nitrogens is 3. The molecule has 8 nitrogen and oxygen atoms in total. The highest BCUT2D eigenvalue weighted by molar-refractivity contribution is 5.84. The molecule has 2 saturated heterocycles. The number of nitrogens with zero attached hydrogens (tertiary/aromatic N) is 3. The number of hydrogen-bond acceptors (Lipinski definition) is 6. The van der Waals surface area contributed by atoms with Crippen LogP contribution in [0.2, 0.25) is 0 Å². The van der Waals surface area contributed by atoms with Crippen molar-refractivity contribution in [2.45, 2.75) is 38.3 Å². The molecule has 0 unspecified atom stereocenters. The van der Waals surface area contributed by atoms with Crippen LogP contribution < -0.4 is 10.6 Å². The van der Waals surface area contributed by atoms with Crippen molar-refractivity contribution in [1.29, 1.82) is 0 Å². The standard InChI is InChI=1S/C21H30N6O2/c28-20(24-13-18-17-2-1-6-23-19(17)26-25-18)21-5-3-16(27-8-10-29-11-9-27)12-15(21)4-7-22-14-21/h1-2,6,15-16,22H,3-5,7-14H2,(H,24,28)(H,23,25,26)/t15-,16-,21-/m1/s1. The molecule has 29 heavy (non-hydrogen) atoms. The largest absolute Gasteiger partial charge is 0.379 e. The Bertz CT molecular complexity index is 864. The molecule has 0 aromatic carbocycles. The summed E-state index contributed by atoms with van der Waals surface area (Å²) < 4.78 is 5.52. The zero-order valence-corrected chi connectivity index (χ0v) is 16.8. The summed E-state index contributed by atoms with van der Waals surface area (Å²) in [5.41, 5.74) is 1.31. The van der Waals surface area contributed by atoms with Gasteiger partial charge in [-0.25, -0.2) is 4.98 Å². The lowest BCUT2D eigenvalue weighted by Crippen LogP contribution is -2.60. The zero-order chi connectivity index (χ0) is 19.7. The lowest BCUT2D eigenvalue weighted by atomic mass is 9.61. The molecule has 0 bridgehead atoms. The van der Waals surface area contributed by atoms with Gasteiger partial charge in [-0.1, -0.05) is 0 Å². The molecule has 2 aromatic rings. The van der Waals surface area contributed by atoms with E-state index >= 15 is 0 Å². The average molecular weight is 399 g/mol. The zero-order valence-electron chi connectivity index (χ0n) is 16.8. The Labute approximate surface area is 170 Å². The van der Waals surface area contributed by atoms with Crippen molar-refractivity contribution < 1.29 is 9.53 Å². The third-order valence-corrected chi connectivity index (χ3v) is 7.22. The van der Waals surface area contributed by atoms with Gasteiger partial charge in [-0.05, 0) is 50.3 Å². The Morgan fingerprint density at radius 1 is 1.34 bits per heavy atom. The van der Waals surface area contributed by atoms with Gasteiger partial charge in [-0.3, -0.25) is 14.8 Å². The van der Waals surface area contributed by atoms with Crippen LogP contribution in [0.1, 0.15) is 31.4 Å². The lowest BCUT2D eigenvalue weighted by molar-refractivity contribution is -0.140. The molecular formula is C21H30N6O2. The molecule has 1 amide bonds. The Balaban J connectivity index is 1.28. The van der Waals surface area contributed by atoms with Crippen LogP contribution in [0.15, 0.2) is 18.3 Å². The van der Waals surface area contributed by atoms with Gasteiger partial charge >= 0.3 is 0 Å². The number of carbonyl (C=O) groups is 1. The minimum atomic E-state index is -0.297. The highest BCUT2D eigenvalue weighted by Crippen LogP contribution is 2.46. The van der Waals surface area contributed by atoms with Gasteiger partial charge in [-0.2, -0.15) is 5.10 Å². The van der Waals surface area contributed by atoms with E-state index in [0.717, 1.165) is 76.2 Å².